The molecular weight excluding hydrogens is 524 g/mol. The number of hydrogen-bond donors (Lipinski definition) is 5. The molecule has 5 N–H and O–H groups in total. The number of H-pyrrole nitrogens is 2. The van der Waals surface area contributed by atoms with Crippen LogP contribution in [0.5, 0.6) is 0 Å². The Balaban J connectivity index is 1.72. The van der Waals surface area contributed by atoms with Gasteiger partial charge in [-0.3, -0.25) is 19.2 Å². The fourth-order valence-electron chi connectivity index (χ4n) is 5.03. The van der Waals surface area contributed by atoms with Gasteiger partial charge in [-0.2, -0.15) is 0 Å². The molecule has 0 saturated carbocycles. The number of carbonyl (C=O) groups excluding carboxylic acids is 2. The largest absolute Gasteiger partial charge is 0.481 e. The predicted molar refractivity (Wildman–Crippen MR) is 156 cm³/mol. The number of amides is 2. The molecule has 0 radical (unpaired) electrons. The molecule has 2 aliphatic heterocycles. The Hall–Kier alpha value is -4.73. The molecule has 0 bridgehead atoms. The Kier molecular flexibility index (Phi) is 8.14. The van der Waals surface area contributed by atoms with E-state index in [1.807, 2.05) is 39.8 Å². The molecule has 0 atom stereocenters. The second kappa shape index (κ2) is 11.4. The third kappa shape index (κ3) is 5.91. The topological polar surface area (TPSA) is 165 Å². The van der Waals surface area contributed by atoms with Crippen LogP contribution in [0, 0.1) is 27.7 Å². The Labute approximate surface area is 237 Å². The van der Waals surface area contributed by atoms with Gasteiger partial charge in [0.25, 0.3) is 11.8 Å². The zero-order valence-corrected chi connectivity index (χ0v) is 24.0. The van der Waals surface area contributed by atoms with Crippen molar-refractivity contribution in [3.05, 3.63) is 72.3 Å². The van der Waals surface area contributed by atoms with Gasteiger partial charge in [-0.1, -0.05) is 0 Å². The minimum Gasteiger partial charge on any atom is -0.481 e. The highest BCUT2D eigenvalue weighted by atomic mass is 16.4. The number of aliphatic carboxylic acids is 2. The zero-order valence-electron chi connectivity index (χ0n) is 24.0. The van der Waals surface area contributed by atoms with Crippen LogP contribution in [0.4, 0.5) is 0 Å². The van der Waals surface area contributed by atoms with Gasteiger partial charge in [0.2, 0.25) is 0 Å². The van der Waals surface area contributed by atoms with Crippen LogP contribution in [0.2, 0.25) is 0 Å². The summed E-state index contributed by atoms with van der Waals surface area (Å²) >= 11 is 0. The summed E-state index contributed by atoms with van der Waals surface area (Å²) in [5.41, 5.74) is 9.10. The van der Waals surface area contributed by atoms with Crippen molar-refractivity contribution >= 4 is 47.7 Å². The summed E-state index contributed by atoms with van der Waals surface area (Å²) in [7, 11) is 0. The highest BCUT2D eigenvalue weighted by Crippen LogP contribution is 2.28. The van der Waals surface area contributed by atoms with Gasteiger partial charge in [0.15, 0.2) is 0 Å². The number of nitrogens with one attached hydrogen (secondary N) is 3. The van der Waals surface area contributed by atoms with Crippen LogP contribution >= 0.6 is 0 Å². The van der Waals surface area contributed by atoms with Crippen molar-refractivity contribution in [2.24, 2.45) is 4.99 Å². The molecule has 2 amide bonds. The molecule has 4 rings (SSSR count). The van der Waals surface area contributed by atoms with Gasteiger partial charge in [-0.25, -0.2) is 4.99 Å². The maximum atomic E-state index is 12.3. The Morgan fingerprint density at radius 2 is 1.24 bits per heavy atom. The first kappa shape index (κ1) is 29.3. The summed E-state index contributed by atoms with van der Waals surface area (Å²) < 4.78 is 0. The highest BCUT2D eigenvalue weighted by molar-refractivity contribution is 6.31. The third-order valence-electron chi connectivity index (χ3n) is 7.99. The smallest absolute Gasteiger partial charge is 0.303 e. The SMILES string of the molecule is CC1=C(CCC(=O)O)C(/C=c2/[nH]/c(=C\c3[nH]c(/C=C4/NC(=O)C(C)=C4CCC(=O)O)c(C)c3C)c(C)c2C)=NC1=O. The van der Waals surface area contributed by atoms with E-state index >= 15 is 0 Å². The van der Waals surface area contributed by atoms with Gasteiger partial charge >= 0.3 is 11.9 Å². The standard InChI is InChI=1S/C31H34N4O6/c1-14-16(3)24(12-26-20(7-9-28(36)37)18(5)30(40)34-26)32-22(14)11-23-15(2)17(4)25(33-23)13-27-21(8-10-29(38)39)19(6)31(41)35-27/h11-13,32-33H,7-10H2,1-6H3,(H,34,40)(H,36,37)(H,38,39)/b23-11-,25-13+,26-12+. The number of aromatic nitrogens is 2. The lowest BCUT2D eigenvalue weighted by molar-refractivity contribution is -0.137. The van der Waals surface area contributed by atoms with E-state index in [1.165, 1.54) is 0 Å². The van der Waals surface area contributed by atoms with E-state index < -0.39 is 11.9 Å². The monoisotopic (exact) mass is 558 g/mol. The number of rotatable bonds is 9. The zero-order chi connectivity index (χ0) is 30.2. The van der Waals surface area contributed by atoms with Crippen molar-refractivity contribution in [1.29, 1.82) is 0 Å². The molecule has 4 heterocycles. The Bertz CT molecular complexity index is 1760. The van der Waals surface area contributed by atoms with Crippen LogP contribution in [-0.2, 0) is 19.2 Å². The van der Waals surface area contributed by atoms with Crippen molar-refractivity contribution in [2.75, 3.05) is 0 Å². The summed E-state index contributed by atoms with van der Waals surface area (Å²) in [6.45, 7) is 11.3. The molecule has 0 aromatic carbocycles. The molecule has 214 valence electrons. The van der Waals surface area contributed by atoms with E-state index in [9.17, 15) is 19.2 Å². The second-order valence-corrected chi connectivity index (χ2v) is 10.5. The van der Waals surface area contributed by atoms with Gasteiger partial charge in [-0.05, 0) is 106 Å². The average molecular weight is 559 g/mol. The van der Waals surface area contributed by atoms with Gasteiger partial charge in [0.1, 0.15) is 0 Å². The van der Waals surface area contributed by atoms with Crippen molar-refractivity contribution in [3.8, 4) is 0 Å². The van der Waals surface area contributed by atoms with Gasteiger partial charge in [0, 0.05) is 51.8 Å². The minimum atomic E-state index is -0.933. The van der Waals surface area contributed by atoms with Gasteiger partial charge in [-0.15, -0.1) is 0 Å². The van der Waals surface area contributed by atoms with Crippen molar-refractivity contribution in [3.63, 3.8) is 0 Å². The molecular formula is C31H34N4O6. The van der Waals surface area contributed by atoms with Gasteiger partial charge < -0.3 is 25.5 Å². The van der Waals surface area contributed by atoms with Crippen molar-refractivity contribution in [1.82, 2.24) is 15.3 Å². The molecule has 2 aliphatic rings. The third-order valence-corrected chi connectivity index (χ3v) is 7.99. The number of carboxylic acids is 2. The number of carboxylic acid groups (broad SMARTS) is 2. The van der Waals surface area contributed by atoms with Crippen molar-refractivity contribution in [2.45, 2.75) is 67.2 Å². The Morgan fingerprint density at radius 1 is 0.707 bits per heavy atom. The second-order valence-electron chi connectivity index (χ2n) is 10.5. The lowest BCUT2D eigenvalue weighted by Crippen LogP contribution is -2.15. The molecule has 0 spiro atoms. The molecule has 10 heteroatoms. The van der Waals surface area contributed by atoms with E-state index in [4.69, 9.17) is 10.2 Å². The minimum absolute atomic E-state index is 0.0669. The first-order chi connectivity index (χ1) is 19.3. The van der Waals surface area contributed by atoms with Crippen LogP contribution in [0.25, 0.3) is 18.2 Å². The normalized spacial score (nSPS) is 17.4. The lowest BCUT2D eigenvalue weighted by Gasteiger charge is -2.05. The number of aliphatic imine (C=N–C) groups is 1. The summed E-state index contributed by atoms with van der Waals surface area (Å²) in [4.78, 5) is 57.8. The lowest BCUT2D eigenvalue weighted by atomic mass is 10.0. The maximum Gasteiger partial charge on any atom is 0.303 e. The first-order valence-corrected chi connectivity index (χ1v) is 13.4. The molecule has 0 saturated heterocycles. The average Bonchev–Trinajstić information content (AvgIpc) is 3.52. The van der Waals surface area contributed by atoms with Gasteiger partial charge in [0.05, 0.1) is 5.71 Å². The molecule has 0 aliphatic carbocycles. The molecule has 41 heavy (non-hydrogen) atoms. The van der Waals surface area contributed by atoms with Crippen LogP contribution in [-0.4, -0.2) is 49.6 Å². The van der Waals surface area contributed by atoms with E-state index in [0.717, 1.165) is 44.3 Å². The molecule has 10 nitrogen and oxygen atoms in total. The summed E-state index contributed by atoms with van der Waals surface area (Å²) in [5.74, 6) is -2.43. The fourth-order valence-corrected chi connectivity index (χ4v) is 5.03. The van der Waals surface area contributed by atoms with Crippen LogP contribution < -0.4 is 16.0 Å². The van der Waals surface area contributed by atoms with E-state index in [0.29, 0.717) is 33.7 Å². The summed E-state index contributed by atoms with van der Waals surface area (Å²) in [6, 6.07) is 0. The maximum absolute atomic E-state index is 12.3. The predicted octanol–water partition coefficient (Wildman–Crippen LogP) is 3.00. The van der Waals surface area contributed by atoms with Crippen LogP contribution in [0.15, 0.2) is 33.0 Å². The highest BCUT2D eigenvalue weighted by Gasteiger charge is 2.25. The number of nitrogens with zero attached hydrogens (tertiary/aromatic N) is 1. The molecule has 0 unspecified atom stereocenters. The van der Waals surface area contributed by atoms with Crippen LogP contribution in [0.1, 0.15) is 73.2 Å². The number of carbonyl (C=O) groups is 4. The summed E-state index contributed by atoms with van der Waals surface area (Å²) in [5, 5.41) is 22.7. The van der Waals surface area contributed by atoms with E-state index in [1.54, 1.807) is 19.9 Å². The first-order valence-electron chi connectivity index (χ1n) is 13.4. The molecule has 0 fully saturated rings. The Morgan fingerprint density at radius 3 is 1.83 bits per heavy atom. The number of hydrogen-bond acceptors (Lipinski definition) is 4. The number of allylic oxidation sites excluding steroid dienone is 2. The molecule has 2 aromatic heterocycles. The molecule has 2 aromatic rings. The van der Waals surface area contributed by atoms with E-state index in [2.05, 4.69) is 20.3 Å². The van der Waals surface area contributed by atoms with Crippen molar-refractivity contribution < 1.29 is 29.4 Å². The fraction of sp³-hybridized carbons (Fsp3) is 0.323. The van der Waals surface area contributed by atoms with Crippen LogP contribution in [0.3, 0.4) is 0 Å². The number of aromatic amines is 2. The quantitative estimate of drug-likeness (QED) is 0.317. The van der Waals surface area contributed by atoms with E-state index in [-0.39, 0.29) is 37.5 Å². The summed E-state index contributed by atoms with van der Waals surface area (Å²) in [6.07, 6.45) is 5.97.